The summed E-state index contributed by atoms with van der Waals surface area (Å²) < 4.78 is 28.4. The smallest absolute Gasteiger partial charge is 0.304 e. The molecule has 1 heterocycles. The minimum absolute atomic E-state index is 0.491. The minimum atomic E-state index is -3.43. The predicted molar refractivity (Wildman–Crippen MR) is 78.7 cm³/mol. The van der Waals surface area contributed by atoms with Crippen molar-refractivity contribution in [2.24, 2.45) is 0 Å². The Kier molecular flexibility index (Phi) is 4.31. The van der Waals surface area contributed by atoms with Gasteiger partial charge in [-0.3, -0.25) is 4.31 Å². The number of hydrogen-bond acceptors (Lipinski definition) is 3. The highest BCUT2D eigenvalue weighted by molar-refractivity contribution is 7.90. The molecule has 1 aromatic carbocycles. The standard InChI is InChI=1S/C13H21N3O2S/c1-3-15(4-2)19(17,18)16-11-7-10-14-12-8-5-6-9-13(12)16/h5-6,8-9,14H,3-4,7,10-11H2,1-2H3. The van der Waals surface area contributed by atoms with E-state index in [1.807, 2.05) is 38.1 Å². The van der Waals surface area contributed by atoms with E-state index in [0.717, 1.165) is 24.3 Å². The molecule has 0 atom stereocenters. The van der Waals surface area contributed by atoms with Crippen LogP contribution in [0, 0.1) is 0 Å². The molecule has 5 nitrogen and oxygen atoms in total. The summed E-state index contributed by atoms with van der Waals surface area (Å²) in [4.78, 5) is 0. The van der Waals surface area contributed by atoms with Crippen LogP contribution < -0.4 is 9.62 Å². The summed E-state index contributed by atoms with van der Waals surface area (Å²) in [5, 5.41) is 3.28. The molecule has 0 radical (unpaired) electrons. The Labute approximate surface area is 115 Å². The van der Waals surface area contributed by atoms with E-state index in [1.54, 1.807) is 0 Å². The number of fused-ring (bicyclic) bond motifs is 1. The Morgan fingerprint density at radius 3 is 2.63 bits per heavy atom. The fraction of sp³-hybridized carbons (Fsp3) is 0.538. The van der Waals surface area contributed by atoms with Crippen LogP contribution >= 0.6 is 0 Å². The summed E-state index contributed by atoms with van der Waals surface area (Å²) >= 11 is 0. The first-order chi connectivity index (χ1) is 9.11. The van der Waals surface area contributed by atoms with Gasteiger partial charge >= 0.3 is 10.2 Å². The van der Waals surface area contributed by atoms with Crippen molar-refractivity contribution in [1.82, 2.24) is 4.31 Å². The topological polar surface area (TPSA) is 52.7 Å². The molecule has 6 heteroatoms. The quantitative estimate of drug-likeness (QED) is 0.918. The third-order valence-electron chi connectivity index (χ3n) is 3.34. The average Bonchev–Trinajstić information content (AvgIpc) is 2.62. The van der Waals surface area contributed by atoms with Gasteiger partial charge in [0.2, 0.25) is 0 Å². The molecule has 1 aliphatic heterocycles. The van der Waals surface area contributed by atoms with Crippen molar-refractivity contribution in [2.75, 3.05) is 35.8 Å². The molecular weight excluding hydrogens is 262 g/mol. The van der Waals surface area contributed by atoms with Gasteiger partial charge in [0, 0.05) is 26.2 Å². The molecule has 1 aromatic rings. The molecule has 19 heavy (non-hydrogen) atoms. The SMILES string of the molecule is CCN(CC)S(=O)(=O)N1CCCNc2ccccc21. The van der Waals surface area contributed by atoms with Crippen LogP contribution in [0.25, 0.3) is 0 Å². The first-order valence-corrected chi connectivity index (χ1v) is 8.11. The van der Waals surface area contributed by atoms with Gasteiger partial charge in [-0.15, -0.1) is 0 Å². The second-order valence-electron chi connectivity index (χ2n) is 4.46. The van der Waals surface area contributed by atoms with Crippen LogP contribution in [0.4, 0.5) is 11.4 Å². The Bertz CT molecular complexity index is 526. The Balaban J connectivity index is 2.44. The second kappa shape index (κ2) is 5.79. The summed E-state index contributed by atoms with van der Waals surface area (Å²) in [6.07, 6.45) is 0.801. The molecule has 0 unspecified atom stereocenters. The van der Waals surface area contributed by atoms with E-state index in [9.17, 15) is 8.42 Å². The molecule has 0 amide bonds. The number of para-hydroxylation sites is 2. The summed E-state index contributed by atoms with van der Waals surface area (Å²) in [6.45, 7) is 6.02. The van der Waals surface area contributed by atoms with Gasteiger partial charge < -0.3 is 5.32 Å². The third-order valence-corrected chi connectivity index (χ3v) is 5.44. The summed E-state index contributed by atoms with van der Waals surface area (Å²) in [7, 11) is -3.43. The molecule has 0 aliphatic carbocycles. The van der Waals surface area contributed by atoms with E-state index < -0.39 is 10.2 Å². The van der Waals surface area contributed by atoms with Gasteiger partial charge in [0.25, 0.3) is 0 Å². The zero-order valence-corrected chi connectivity index (χ0v) is 12.3. The number of benzene rings is 1. The highest BCUT2D eigenvalue weighted by atomic mass is 32.2. The number of hydrogen-bond donors (Lipinski definition) is 1. The lowest BCUT2D eigenvalue weighted by Crippen LogP contribution is -2.44. The number of nitrogens with one attached hydrogen (secondary N) is 1. The van der Waals surface area contributed by atoms with Gasteiger partial charge in [0.05, 0.1) is 11.4 Å². The molecule has 0 spiro atoms. The van der Waals surface area contributed by atoms with E-state index >= 15 is 0 Å². The normalized spacial score (nSPS) is 15.8. The van der Waals surface area contributed by atoms with E-state index in [1.165, 1.54) is 8.61 Å². The molecule has 0 saturated heterocycles. The minimum Gasteiger partial charge on any atom is -0.383 e. The van der Waals surface area contributed by atoms with E-state index in [4.69, 9.17) is 0 Å². The third kappa shape index (κ3) is 2.69. The molecular formula is C13H21N3O2S. The van der Waals surface area contributed by atoms with Crippen LogP contribution in [0.2, 0.25) is 0 Å². The van der Waals surface area contributed by atoms with Crippen molar-refractivity contribution in [3.8, 4) is 0 Å². The van der Waals surface area contributed by atoms with Crippen molar-refractivity contribution in [3.05, 3.63) is 24.3 Å². The van der Waals surface area contributed by atoms with Crippen molar-refractivity contribution in [1.29, 1.82) is 0 Å². The molecule has 0 aromatic heterocycles. The van der Waals surface area contributed by atoms with Crippen molar-refractivity contribution in [2.45, 2.75) is 20.3 Å². The molecule has 2 rings (SSSR count). The second-order valence-corrected chi connectivity index (χ2v) is 6.31. The lowest BCUT2D eigenvalue weighted by molar-refractivity contribution is 0.442. The summed E-state index contributed by atoms with van der Waals surface area (Å²) in [5.41, 5.74) is 1.63. The monoisotopic (exact) mass is 283 g/mol. The van der Waals surface area contributed by atoms with Gasteiger partial charge in [0.15, 0.2) is 0 Å². The molecule has 1 N–H and O–H groups in total. The fourth-order valence-corrected chi connectivity index (χ4v) is 4.03. The number of rotatable bonds is 4. The zero-order valence-electron chi connectivity index (χ0n) is 11.5. The van der Waals surface area contributed by atoms with Gasteiger partial charge in [-0.2, -0.15) is 12.7 Å². The Morgan fingerprint density at radius 1 is 1.26 bits per heavy atom. The van der Waals surface area contributed by atoms with Crippen LogP contribution in [0.5, 0.6) is 0 Å². The van der Waals surface area contributed by atoms with Gasteiger partial charge in [-0.1, -0.05) is 26.0 Å². The number of nitrogens with zero attached hydrogens (tertiary/aromatic N) is 2. The van der Waals surface area contributed by atoms with Crippen molar-refractivity contribution in [3.63, 3.8) is 0 Å². The van der Waals surface area contributed by atoms with E-state index in [2.05, 4.69) is 5.32 Å². The summed E-state index contributed by atoms with van der Waals surface area (Å²) in [6, 6.07) is 7.57. The summed E-state index contributed by atoms with van der Waals surface area (Å²) in [5.74, 6) is 0. The molecule has 1 aliphatic rings. The number of anilines is 2. The van der Waals surface area contributed by atoms with Gasteiger partial charge in [-0.05, 0) is 18.6 Å². The van der Waals surface area contributed by atoms with Crippen LogP contribution in [-0.4, -0.2) is 38.9 Å². The lowest BCUT2D eigenvalue weighted by atomic mass is 10.2. The predicted octanol–water partition coefficient (Wildman–Crippen LogP) is 1.90. The van der Waals surface area contributed by atoms with Gasteiger partial charge in [-0.25, -0.2) is 0 Å². The van der Waals surface area contributed by atoms with Gasteiger partial charge in [0.1, 0.15) is 0 Å². The van der Waals surface area contributed by atoms with Crippen molar-refractivity contribution < 1.29 is 8.42 Å². The van der Waals surface area contributed by atoms with Crippen molar-refractivity contribution >= 4 is 21.6 Å². The lowest BCUT2D eigenvalue weighted by Gasteiger charge is -2.29. The highest BCUT2D eigenvalue weighted by Crippen LogP contribution is 2.31. The maximum Gasteiger partial charge on any atom is 0.304 e. The van der Waals surface area contributed by atoms with Crippen LogP contribution in [0.15, 0.2) is 24.3 Å². The first-order valence-electron chi connectivity index (χ1n) is 6.72. The molecule has 106 valence electrons. The van der Waals surface area contributed by atoms with Crippen LogP contribution in [0.3, 0.4) is 0 Å². The molecule has 0 saturated carbocycles. The molecule has 0 bridgehead atoms. The van der Waals surface area contributed by atoms with E-state index in [-0.39, 0.29) is 0 Å². The van der Waals surface area contributed by atoms with E-state index in [0.29, 0.717) is 19.6 Å². The Hall–Kier alpha value is -1.27. The largest absolute Gasteiger partial charge is 0.383 e. The highest BCUT2D eigenvalue weighted by Gasteiger charge is 2.30. The maximum absolute atomic E-state index is 12.7. The maximum atomic E-state index is 12.7. The Morgan fingerprint density at radius 2 is 1.95 bits per heavy atom. The van der Waals surface area contributed by atoms with Crippen LogP contribution in [-0.2, 0) is 10.2 Å². The fourth-order valence-electron chi connectivity index (χ4n) is 2.34. The zero-order chi connectivity index (χ0) is 13.9. The first kappa shape index (κ1) is 14.1. The van der Waals surface area contributed by atoms with Crippen LogP contribution in [0.1, 0.15) is 20.3 Å². The molecule has 0 fully saturated rings. The average molecular weight is 283 g/mol.